The number of hydrogen-bond acceptors (Lipinski definition) is 5. The fourth-order valence-electron chi connectivity index (χ4n) is 3.73. The van der Waals surface area contributed by atoms with E-state index >= 15 is 0 Å². The van der Waals surface area contributed by atoms with E-state index in [0.29, 0.717) is 29.2 Å². The van der Waals surface area contributed by atoms with Crippen LogP contribution in [-0.2, 0) is 4.79 Å². The van der Waals surface area contributed by atoms with E-state index < -0.39 is 0 Å². The van der Waals surface area contributed by atoms with Gasteiger partial charge in [0, 0.05) is 51.8 Å². The van der Waals surface area contributed by atoms with Gasteiger partial charge in [-0.25, -0.2) is 9.97 Å². The van der Waals surface area contributed by atoms with Crippen molar-refractivity contribution in [3.63, 3.8) is 0 Å². The monoisotopic (exact) mass is 365 g/mol. The molecular formula is C18H28ClN5O. The summed E-state index contributed by atoms with van der Waals surface area (Å²) in [5, 5.41) is 0.492. The van der Waals surface area contributed by atoms with E-state index in [0.717, 1.165) is 64.5 Å². The fraction of sp³-hybridized carbons (Fsp3) is 0.722. The number of likely N-dealkylation sites (N-methyl/N-ethyl adjacent to an activating group) is 1. The Morgan fingerprint density at radius 2 is 1.84 bits per heavy atom. The van der Waals surface area contributed by atoms with E-state index in [2.05, 4.69) is 26.7 Å². The van der Waals surface area contributed by atoms with E-state index in [4.69, 9.17) is 11.6 Å². The first kappa shape index (κ1) is 18.4. The molecule has 2 fully saturated rings. The van der Waals surface area contributed by atoms with Crippen LogP contribution < -0.4 is 4.90 Å². The number of halogens is 1. The van der Waals surface area contributed by atoms with Crippen molar-refractivity contribution < 1.29 is 4.79 Å². The third-order valence-corrected chi connectivity index (χ3v) is 5.56. The second kappa shape index (κ2) is 8.32. The van der Waals surface area contributed by atoms with E-state index in [9.17, 15) is 4.79 Å². The first-order valence-corrected chi connectivity index (χ1v) is 9.69. The third-order valence-electron chi connectivity index (χ3n) is 5.37. The van der Waals surface area contributed by atoms with Gasteiger partial charge in [-0.05, 0) is 32.2 Å². The molecule has 0 atom stereocenters. The highest BCUT2D eigenvalue weighted by Crippen LogP contribution is 2.26. The lowest BCUT2D eigenvalue weighted by Gasteiger charge is -2.36. The molecule has 6 nitrogen and oxygen atoms in total. The summed E-state index contributed by atoms with van der Waals surface area (Å²) in [6.07, 6.45) is 2.74. The highest BCUT2D eigenvalue weighted by atomic mass is 35.5. The van der Waals surface area contributed by atoms with Crippen LogP contribution in [0.3, 0.4) is 0 Å². The Morgan fingerprint density at radius 1 is 1.16 bits per heavy atom. The molecule has 2 saturated heterocycles. The summed E-state index contributed by atoms with van der Waals surface area (Å²) in [4.78, 5) is 27.9. The Labute approximate surface area is 155 Å². The number of nitrogens with zero attached hydrogens (tertiary/aromatic N) is 5. The van der Waals surface area contributed by atoms with Crippen molar-refractivity contribution in [3.05, 3.63) is 17.0 Å². The van der Waals surface area contributed by atoms with Crippen molar-refractivity contribution in [1.82, 2.24) is 19.8 Å². The molecule has 1 aromatic heterocycles. The summed E-state index contributed by atoms with van der Waals surface area (Å²) in [5.74, 6) is 2.41. The van der Waals surface area contributed by atoms with Crippen molar-refractivity contribution in [2.45, 2.75) is 33.1 Å². The minimum absolute atomic E-state index is 0.329. The van der Waals surface area contributed by atoms with Crippen LogP contribution in [0.25, 0.3) is 0 Å². The molecule has 3 heterocycles. The van der Waals surface area contributed by atoms with Crippen LogP contribution in [0.15, 0.2) is 6.07 Å². The molecule has 0 bridgehead atoms. The zero-order valence-corrected chi connectivity index (χ0v) is 16.0. The molecule has 0 aliphatic carbocycles. The summed E-state index contributed by atoms with van der Waals surface area (Å²) >= 11 is 6.04. The van der Waals surface area contributed by atoms with Gasteiger partial charge in [-0.1, -0.05) is 18.5 Å². The Balaban J connectivity index is 1.47. The van der Waals surface area contributed by atoms with Gasteiger partial charge in [0.25, 0.3) is 0 Å². The van der Waals surface area contributed by atoms with Gasteiger partial charge in [0.1, 0.15) is 16.8 Å². The Hall–Kier alpha value is -1.40. The molecule has 1 aromatic rings. The normalized spacial score (nSPS) is 20.1. The van der Waals surface area contributed by atoms with Crippen molar-refractivity contribution in [1.29, 1.82) is 0 Å². The maximum absolute atomic E-state index is 12.6. The molecule has 0 unspecified atom stereocenters. The molecule has 0 aromatic carbocycles. The lowest BCUT2D eigenvalue weighted by atomic mass is 9.93. The number of hydrogen-bond donors (Lipinski definition) is 0. The summed E-state index contributed by atoms with van der Waals surface area (Å²) in [6.45, 7) is 10.7. The zero-order valence-electron chi connectivity index (χ0n) is 15.2. The van der Waals surface area contributed by atoms with Gasteiger partial charge >= 0.3 is 0 Å². The molecule has 0 N–H and O–H groups in total. The third kappa shape index (κ3) is 4.82. The van der Waals surface area contributed by atoms with Crippen LogP contribution in [0.1, 0.15) is 32.0 Å². The van der Waals surface area contributed by atoms with E-state index in [1.165, 1.54) is 0 Å². The van der Waals surface area contributed by atoms with Gasteiger partial charge in [-0.3, -0.25) is 4.79 Å². The second-order valence-corrected chi connectivity index (χ2v) is 7.43. The molecular weight excluding hydrogens is 338 g/mol. The molecule has 25 heavy (non-hydrogen) atoms. The smallest absolute Gasteiger partial charge is 0.222 e. The topological polar surface area (TPSA) is 52.6 Å². The minimum atomic E-state index is 0.329. The van der Waals surface area contributed by atoms with Crippen LogP contribution in [0, 0.1) is 12.8 Å². The number of piperidine rings is 1. The first-order valence-electron chi connectivity index (χ1n) is 9.31. The van der Waals surface area contributed by atoms with Crippen molar-refractivity contribution in [2.75, 3.05) is 50.7 Å². The highest BCUT2D eigenvalue weighted by Gasteiger charge is 2.26. The Morgan fingerprint density at radius 3 is 2.44 bits per heavy atom. The molecule has 2 aliphatic rings. The minimum Gasteiger partial charge on any atom is -0.356 e. The fourth-order valence-corrected chi connectivity index (χ4v) is 3.95. The molecule has 7 heteroatoms. The zero-order chi connectivity index (χ0) is 17.8. The van der Waals surface area contributed by atoms with E-state index in [1.54, 1.807) is 0 Å². The molecule has 138 valence electrons. The molecule has 3 rings (SSSR count). The number of carbonyl (C=O) groups excluding carboxylic acids is 1. The highest BCUT2D eigenvalue weighted by molar-refractivity contribution is 6.29. The van der Waals surface area contributed by atoms with Gasteiger partial charge in [0.2, 0.25) is 5.91 Å². The largest absolute Gasteiger partial charge is 0.356 e. The first-order chi connectivity index (χ1) is 12.0. The SMILES string of the molecule is CCN1CCN(C(=O)CC2CCN(c3cc(Cl)nc(C)n3)CC2)CC1. The standard InChI is InChI=1S/C18H28ClN5O/c1-3-22-8-10-24(11-9-22)18(25)12-15-4-6-23(7-5-15)17-13-16(19)20-14(2)21-17/h13,15H,3-12H2,1-2H3. The van der Waals surface area contributed by atoms with Gasteiger partial charge in [-0.15, -0.1) is 0 Å². The lowest BCUT2D eigenvalue weighted by Crippen LogP contribution is -2.49. The molecule has 1 amide bonds. The maximum Gasteiger partial charge on any atom is 0.222 e. The predicted octanol–water partition coefficient (Wildman–Crippen LogP) is 2.21. The van der Waals surface area contributed by atoms with Crippen molar-refractivity contribution in [2.24, 2.45) is 5.92 Å². The molecule has 0 saturated carbocycles. The predicted molar refractivity (Wildman–Crippen MR) is 100 cm³/mol. The van der Waals surface area contributed by atoms with Crippen molar-refractivity contribution >= 4 is 23.3 Å². The summed E-state index contributed by atoms with van der Waals surface area (Å²) < 4.78 is 0. The quantitative estimate of drug-likeness (QED) is 0.766. The summed E-state index contributed by atoms with van der Waals surface area (Å²) in [6, 6.07) is 1.83. The Bertz CT molecular complexity index is 575. The van der Waals surface area contributed by atoms with Crippen LogP contribution in [-0.4, -0.2) is 71.5 Å². The number of piperazine rings is 1. The van der Waals surface area contributed by atoms with E-state index in [-0.39, 0.29) is 0 Å². The van der Waals surface area contributed by atoms with Gasteiger partial charge in [-0.2, -0.15) is 0 Å². The average Bonchev–Trinajstić information content (AvgIpc) is 2.61. The maximum atomic E-state index is 12.6. The lowest BCUT2D eigenvalue weighted by molar-refractivity contribution is -0.134. The van der Waals surface area contributed by atoms with Crippen LogP contribution in [0.5, 0.6) is 0 Å². The number of aromatic nitrogens is 2. The van der Waals surface area contributed by atoms with Gasteiger partial charge < -0.3 is 14.7 Å². The number of aryl methyl sites for hydroxylation is 1. The van der Waals surface area contributed by atoms with Gasteiger partial charge in [0.05, 0.1) is 0 Å². The molecule has 0 radical (unpaired) electrons. The summed E-state index contributed by atoms with van der Waals surface area (Å²) in [5.41, 5.74) is 0. The number of amides is 1. The van der Waals surface area contributed by atoms with Crippen LogP contribution in [0.4, 0.5) is 5.82 Å². The Kier molecular flexibility index (Phi) is 6.12. The van der Waals surface area contributed by atoms with Gasteiger partial charge in [0.15, 0.2) is 0 Å². The average molecular weight is 366 g/mol. The number of carbonyl (C=O) groups is 1. The molecule has 2 aliphatic heterocycles. The second-order valence-electron chi connectivity index (χ2n) is 7.05. The summed E-state index contributed by atoms with van der Waals surface area (Å²) in [7, 11) is 0. The van der Waals surface area contributed by atoms with Crippen LogP contribution in [0.2, 0.25) is 5.15 Å². The molecule has 0 spiro atoms. The van der Waals surface area contributed by atoms with Crippen LogP contribution >= 0.6 is 11.6 Å². The van der Waals surface area contributed by atoms with E-state index in [1.807, 2.05) is 17.9 Å². The van der Waals surface area contributed by atoms with Crippen molar-refractivity contribution in [3.8, 4) is 0 Å². The number of rotatable bonds is 4. The number of anilines is 1.